The lowest BCUT2D eigenvalue weighted by Crippen LogP contribution is -2.14. The van der Waals surface area contributed by atoms with Crippen molar-refractivity contribution in [1.29, 1.82) is 0 Å². The topological polar surface area (TPSA) is 77.8 Å². The van der Waals surface area contributed by atoms with Crippen molar-refractivity contribution in [3.8, 4) is 22.8 Å². The van der Waals surface area contributed by atoms with Gasteiger partial charge in [0.25, 0.3) is 0 Å². The number of methoxy groups -OCH3 is 2. The molecule has 1 N–H and O–H groups in total. The number of carbonyl (C=O) groups excluding carboxylic acids is 1. The van der Waals surface area contributed by atoms with Gasteiger partial charge in [0.15, 0.2) is 5.13 Å². The van der Waals surface area contributed by atoms with Crippen LogP contribution in [0.15, 0.2) is 48.1 Å². The highest BCUT2D eigenvalue weighted by Crippen LogP contribution is 2.35. The maximum atomic E-state index is 13.3. The highest BCUT2D eigenvalue weighted by molar-refractivity contribution is 7.14. The SMILES string of the molecule is COc1ccc(OC)c(-c2csc(NC(=O)Cc3cn4cc(F)ccc4n3)n2)c1. The summed E-state index contributed by atoms with van der Waals surface area (Å²) in [6, 6.07) is 8.33. The fraction of sp³-hybridized carbons (Fsp3) is 0.150. The molecule has 148 valence electrons. The molecular weight excluding hydrogens is 395 g/mol. The van der Waals surface area contributed by atoms with Crippen LogP contribution in [-0.2, 0) is 11.2 Å². The summed E-state index contributed by atoms with van der Waals surface area (Å²) >= 11 is 1.31. The van der Waals surface area contributed by atoms with E-state index >= 15 is 0 Å². The van der Waals surface area contributed by atoms with E-state index in [0.717, 1.165) is 5.56 Å². The third-order valence-electron chi connectivity index (χ3n) is 4.24. The Morgan fingerprint density at radius 3 is 2.83 bits per heavy atom. The Morgan fingerprint density at radius 1 is 1.17 bits per heavy atom. The molecular formula is C20H17FN4O3S. The highest BCUT2D eigenvalue weighted by atomic mass is 32.1. The number of benzene rings is 1. The molecule has 0 saturated heterocycles. The summed E-state index contributed by atoms with van der Waals surface area (Å²) in [5.74, 6) is 0.718. The Morgan fingerprint density at radius 2 is 2.03 bits per heavy atom. The van der Waals surface area contributed by atoms with Crippen molar-refractivity contribution >= 4 is 28.0 Å². The molecule has 1 amide bonds. The van der Waals surface area contributed by atoms with E-state index in [1.807, 2.05) is 11.4 Å². The van der Waals surface area contributed by atoms with E-state index in [-0.39, 0.29) is 18.1 Å². The van der Waals surface area contributed by atoms with Gasteiger partial charge in [-0.3, -0.25) is 4.79 Å². The predicted molar refractivity (Wildman–Crippen MR) is 108 cm³/mol. The van der Waals surface area contributed by atoms with Gasteiger partial charge in [0.1, 0.15) is 23.0 Å². The van der Waals surface area contributed by atoms with Crippen molar-refractivity contribution < 1.29 is 18.7 Å². The van der Waals surface area contributed by atoms with Gasteiger partial charge in [-0.15, -0.1) is 11.3 Å². The number of anilines is 1. The average molecular weight is 412 g/mol. The molecule has 0 spiro atoms. The van der Waals surface area contributed by atoms with Gasteiger partial charge in [-0.25, -0.2) is 14.4 Å². The molecule has 0 fully saturated rings. The number of imidazole rings is 1. The van der Waals surface area contributed by atoms with Crippen LogP contribution in [0.4, 0.5) is 9.52 Å². The monoisotopic (exact) mass is 412 g/mol. The summed E-state index contributed by atoms with van der Waals surface area (Å²) in [6.07, 6.45) is 3.01. The van der Waals surface area contributed by atoms with E-state index in [1.54, 1.807) is 43.0 Å². The van der Waals surface area contributed by atoms with Gasteiger partial charge in [0.05, 0.1) is 32.0 Å². The summed E-state index contributed by atoms with van der Waals surface area (Å²) in [6.45, 7) is 0. The Balaban J connectivity index is 1.49. The normalized spacial score (nSPS) is 10.9. The fourth-order valence-electron chi connectivity index (χ4n) is 2.90. The molecule has 0 atom stereocenters. The number of aromatic nitrogens is 3. The summed E-state index contributed by atoms with van der Waals surface area (Å²) in [5, 5.41) is 5.07. The standard InChI is InChI=1S/C20H17FN4O3S/c1-27-14-4-5-17(28-2)15(8-14)16-11-29-20(23-16)24-19(26)7-13-10-25-9-12(21)3-6-18(25)22-13/h3-6,8-11H,7H2,1-2H3,(H,23,24,26). The molecule has 3 heterocycles. The zero-order chi connectivity index (χ0) is 20.4. The summed E-state index contributed by atoms with van der Waals surface area (Å²) in [5.41, 5.74) is 2.56. The van der Waals surface area contributed by atoms with Gasteiger partial charge in [0, 0.05) is 23.3 Å². The number of ether oxygens (including phenoxy) is 2. The lowest BCUT2D eigenvalue weighted by molar-refractivity contribution is -0.115. The van der Waals surface area contributed by atoms with Gasteiger partial charge < -0.3 is 19.2 Å². The van der Waals surface area contributed by atoms with Crippen LogP contribution >= 0.6 is 11.3 Å². The Kier molecular flexibility index (Phi) is 5.13. The van der Waals surface area contributed by atoms with Crippen LogP contribution in [0.5, 0.6) is 11.5 Å². The number of nitrogens with one attached hydrogen (secondary N) is 1. The zero-order valence-electron chi connectivity index (χ0n) is 15.7. The molecule has 0 saturated carbocycles. The maximum absolute atomic E-state index is 13.3. The minimum absolute atomic E-state index is 0.0562. The van der Waals surface area contributed by atoms with Crippen molar-refractivity contribution in [3.63, 3.8) is 0 Å². The van der Waals surface area contributed by atoms with Crippen LogP contribution in [0, 0.1) is 5.82 Å². The van der Waals surface area contributed by atoms with Crippen LogP contribution in [0.1, 0.15) is 5.69 Å². The van der Waals surface area contributed by atoms with Gasteiger partial charge in [-0.05, 0) is 30.3 Å². The van der Waals surface area contributed by atoms with E-state index in [1.165, 1.54) is 23.6 Å². The number of carbonyl (C=O) groups is 1. The second kappa shape index (κ2) is 7.88. The molecule has 3 aromatic heterocycles. The van der Waals surface area contributed by atoms with E-state index in [4.69, 9.17) is 9.47 Å². The molecule has 9 heteroatoms. The molecule has 0 aliphatic rings. The van der Waals surface area contributed by atoms with Crippen LogP contribution in [0.3, 0.4) is 0 Å². The zero-order valence-corrected chi connectivity index (χ0v) is 16.5. The molecule has 0 bridgehead atoms. The summed E-state index contributed by atoms with van der Waals surface area (Å²) in [4.78, 5) is 21.2. The van der Waals surface area contributed by atoms with E-state index < -0.39 is 0 Å². The second-order valence-electron chi connectivity index (χ2n) is 6.17. The van der Waals surface area contributed by atoms with E-state index in [9.17, 15) is 9.18 Å². The molecule has 0 radical (unpaired) electrons. The first-order chi connectivity index (χ1) is 14.1. The quantitative estimate of drug-likeness (QED) is 0.521. The molecule has 0 aliphatic carbocycles. The molecule has 7 nitrogen and oxygen atoms in total. The van der Waals surface area contributed by atoms with Crippen molar-refractivity contribution in [1.82, 2.24) is 14.4 Å². The third kappa shape index (κ3) is 4.04. The van der Waals surface area contributed by atoms with Crippen LogP contribution < -0.4 is 14.8 Å². The third-order valence-corrected chi connectivity index (χ3v) is 5.00. The number of rotatable bonds is 6. The smallest absolute Gasteiger partial charge is 0.232 e. The molecule has 4 rings (SSSR count). The fourth-order valence-corrected chi connectivity index (χ4v) is 3.63. The molecule has 0 aliphatic heterocycles. The molecule has 29 heavy (non-hydrogen) atoms. The molecule has 4 aromatic rings. The van der Waals surface area contributed by atoms with E-state index in [2.05, 4.69) is 15.3 Å². The Labute approximate surface area is 169 Å². The molecule has 0 unspecified atom stereocenters. The summed E-state index contributed by atoms with van der Waals surface area (Å²) in [7, 11) is 3.17. The van der Waals surface area contributed by atoms with E-state index in [0.29, 0.717) is 33.7 Å². The first-order valence-corrected chi connectivity index (χ1v) is 9.54. The van der Waals surface area contributed by atoms with Crippen LogP contribution in [-0.4, -0.2) is 34.5 Å². The number of hydrogen-bond acceptors (Lipinski definition) is 6. The van der Waals surface area contributed by atoms with Crippen molar-refractivity contribution in [3.05, 3.63) is 59.6 Å². The summed E-state index contributed by atoms with van der Waals surface area (Å²) < 4.78 is 25.5. The maximum Gasteiger partial charge on any atom is 0.232 e. The number of halogens is 1. The van der Waals surface area contributed by atoms with Crippen molar-refractivity contribution in [2.45, 2.75) is 6.42 Å². The lowest BCUT2D eigenvalue weighted by Gasteiger charge is -2.08. The minimum atomic E-state index is -0.366. The van der Waals surface area contributed by atoms with Crippen LogP contribution in [0.25, 0.3) is 16.9 Å². The van der Waals surface area contributed by atoms with Gasteiger partial charge in [-0.2, -0.15) is 0 Å². The number of fused-ring (bicyclic) bond motifs is 1. The lowest BCUT2D eigenvalue weighted by atomic mass is 10.1. The van der Waals surface area contributed by atoms with Crippen molar-refractivity contribution in [2.75, 3.05) is 19.5 Å². The largest absolute Gasteiger partial charge is 0.497 e. The first kappa shape index (κ1) is 18.9. The highest BCUT2D eigenvalue weighted by Gasteiger charge is 2.14. The minimum Gasteiger partial charge on any atom is -0.497 e. The second-order valence-corrected chi connectivity index (χ2v) is 7.03. The number of amides is 1. The molecule has 1 aromatic carbocycles. The number of nitrogens with zero attached hydrogens (tertiary/aromatic N) is 3. The average Bonchev–Trinajstić information content (AvgIpc) is 3.33. The first-order valence-electron chi connectivity index (χ1n) is 8.66. The van der Waals surface area contributed by atoms with Gasteiger partial charge in [-0.1, -0.05) is 0 Å². The van der Waals surface area contributed by atoms with Gasteiger partial charge >= 0.3 is 0 Å². The number of pyridine rings is 1. The van der Waals surface area contributed by atoms with Crippen molar-refractivity contribution in [2.24, 2.45) is 0 Å². The number of hydrogen-bond donors (Lipinski definition) is 1. The van der Waals surface area contributed by atoms with Crippen LogP contribution in [0.2, 0.25) is 0 Å². The Bertz CT molecular complexity index is 1190. The predicted octanol–water partition coefficient (Wildman–Crippen LogP) is 3.80. The number of thiazole rings is 1. The van der Waals surface area contributed by atoms with Gasteiger partial charge in [0.2, 0.25) is 5.91 Å². The Hall–Kier alpha value is -3.46.